The Morgan fingerprint density at radius 1 is 1.12 bits per heavy atom. The van der Waals surface area contributed by atoms with Gasteiger partial charge in [-0.15, -0.1) is 0 Å². The first-order valence-electron chi connectivity index (χ1n) is 6.28. The van der Waals surface area contributed by atoms with Crippen molar-refractivity contribution in [2.24, 2.45) is 10.9 Å². The van der Waals surface area contributed by atoms with Crippen molar-refractivity contribution >= 4 is 5.71 Å². The van der Waals surface area contributed by atoms with Crippen LogP contribution in [0.25, 0.3) is 0 Å². The van der Waals surface area contributed by atoms with E-state index in [0.29, 0.717) is 5.92 Å². The molecule has 88 valence electrons. The SMILES string of the molecule is CCC(CC)C(C)=N[C@H](C)c1ccccc1. The lowest BCUT2D eigenvalue weighted by Crippen LogP contribution is -2.10. The number of hydrogen-bond donors (Lipinski definition) is 0. The number of benzene rings is 1. The van der Waals surface area contributed by atoms with Crippen LogP contribution >= 0.6 is 0 Å². The highest BCUT2D eigenvalue weighted by atomic mass is 14.8. The Balaban J connectivity index is 2.76. The van der Waals surface area contributed by atoms with E-state index in [4.69, 9.17) is 4.99 Å². The van der Waals surface area contributed by atoms with E-state index in [1.807, 2.05) is 6.07 Å². The Labute approximate surface area is 99.6 Å². The molecule has 1 heteroatoms. The van der Waals surface area contributed by atoms with Crippen molar-refractivity contribution in [3.8, 4) is 0 Å². The molecule has 0 bridgehead atoms. The highest BCUT2D eigenvalue weighted by Gasteiger charge is 2.09. The first-order valence-corrected chi connectivity index (χ1v) is 6.28. The Kier molecular flexibility index (Phi) is 5.24. The van der Waals surface area contributed by atoms with E-state index in [2.05, 4.69) is 52.0 Å². The summed E-state index contributed by atoms with van der Waals surface area (Å²) in [6.45, 7) is 8.80. The molecule has 0 unspecified atom stereocenters. The predicted octanol–water partition coefficient (Wildman–Crippen LogP) is 4.64. The molecule has 0 fully saturated rings. The van der Waals surface area contributed by atoms with Crippen molar-refractivity contribution in [2.75, 3.05) is 0 Å². The maximum Gasteiger partial charge on any atom is 0.0720 e. The molecule has 0 N–H and O–H groups in total. The van der Waals surface area contributed by atoms with Gasteiger partial charge in [0.1, 0.15) is 0 Å². The van der Waals surface area contributed by atoms with Crippen molar-refractivity contribution in [1.29, 1.82) is 0 Å². The summed E-state index contributed by atoms with van der Waals surface area (Å²) in [5, 5.41) is 0. The van der Waals surface area contributed by atoms with Crippen molar-refractivity contribution < 1.29 is 0 Å². The van der Waals surface area contributed by atoms with Gasteiger partial charge in [-0.1, -0.05) is 44.2 Å². The second-order valence-corrected chi connectivity index (χ2v) is 4.37. The fraction of sp³-hybridized carbons (Fsp3) is 0.533. The van der Waals surface area contributed by atoms with Crippen molar-refractivity contribution in [3.63, 3.8) is 0 Å². The summed E-state index contributed by atoms with van der Waals surface area (Å²) in [7, 11) is 0. The average Bonchev–Trinajstić information content (AvgIpc) is 2.31. The standard InChI is InChI=1S/C15H23N/c1-5-14(6-2)12(3)16-13(4)15-10-8-7-9-11-15/h7-11,13-14H,5-6H2,1-4H3/t13-/m1/s1. The van der Waals surface area contributed by atoms with Gasteiger partial charge in [0.15, 0.2) is 0 Å². The molecule has 1 rings (SSSR count). The van der Waals surface area contributed by atoms with Gasteiger partial charge in [0.25, 0.3) is 0 Å². The molecule has 0 aliphatic carbocycles. The number of nitrogens with zero attached hydrogens (tertiary/aromatic N) is 1. The molecule has 0 spiro atoms. The minimum Gasteiger partial charge on any atom is -0.286 e. The fourth-order valence-electron chi connectivity index (χ4n) is 2.10. The van der Waals surface area contributed by atoms with Crippen LogP contribution in [0.2, 0.25) is 0 Å². The van der Waals surface area contributed by atoms with Crippen LogP contribution in [-0.2, 0) is 0 Å². The van der Waals surface area contributed by atoms with Crippen LogP contribution in [0.5, 0.6) is 0 Å². The van der Waals surface area contributed by atoms with E-state index in [9.17, 15) is 0 Å². The fourth-order valence-corrected chi connectivity index (χ4v) is 2.10. The van der Waals surface area contributed by atoms with E-state index in [1.54, 1.807) is 0 Å². The zero-order valence-electron chi connectivity index (χ0n) is 10.9. The topological polar surface area (TPSA) is 12.4 Å². The zero-order valence-corrected chi connectivity index (χ0v) is 10.9. The average molecular weight is 217 g/mol. The van der Waals surface area contributed by atoms with E-state index in [0.717, 1.165) is 0 Å². The molecule has 1 aromatic rings. The molecule has 0 saturated heterocycles. The van der Waals surface area contributed by atoms with Gasteiger partial charge in [-0.3, -0.25) is 4.99 Å². The molecule has 0 heterocycles. The molecule has 0 aromatic heterocycles. The van der Waals surface area contributed by atoms with Crippen LogP contribution in [0, 0.1) is 5.92 Å². The summed E-state index contributed by atoms with van der Waals surface area (Å²) in [5.41, 5.74) is 2.59. The van der Waals surface area contributed by atoms with Crippen molar-refractivity contribution in [2.45, 2.75) is 46.6 Å². The van der Waals surface area contributed by atoms with Gasteiger partial charge in [-0.25, -0.2) is 0 Å². The largest absolute Gasteiger partial charge is 0.286 e. The highest BCUT2D eigenvalue weighted by molar-refractivity contribution is 5.84. The molecule has 1 nitrogen and oxygen atoms in total. The first kappa shape index (κ1) is 13.0. The van der Waals surface area contributed by atoms with Crippen molar-refractivity contribution in [3.05, 3.63) is 35.9 Å². The quantitative estimate of drug-likeness (QED) is 0.637. The Hall–Kier alpha value is -1.11. The summed E-state index contributed by atoms with van der Waals surface area (Å²) in [6.07, 6.45) is 2.38. The second kappa shape index (κ2) is 6.47. The smallest absolute Gasteiger partial charge is 0.0720 e. The lowest BCUT2D eigenvalue weighted by molar-refractivity contribution is 0.630. The Bertz CT molecular complexity index is 323. The lowest BCUT2D eigenvalue weighted by Gasteiger charge is -2.15. The van der Waals surface area contributed by atoms with Crippen LogP contribution in [-0.4, -0.2) is 5.71 Å². The van der Waals surface area contributed by atoms with Crippen LogP contribution in [0.3, 0.4) is 0 Å². The Morgan fingerprint density at radius 2 is 1.69 bits per heavy atom. The third-order valence-corrected chi connectivity index (χ3v) is 3.26. The molecule has 0 radical (unpaired) electrons. The van der Waals surface area contributed by atoms with Crippen LogP contribution in [0.1, 0.15) is 52.1 Å². The molecule has 0 aliphatic heterocycles. The molecular weight excluding hydrogens is 194 g/mol. The summed E-state index contributed by atoms with van der Waals surface area (Å²) in [4.78, 5) is 4.81. The van der Waals surface area contributed by atoms with Gasteiger partial charge in [-0.05, 0) is 38.2 Å². The molecule has 1 aromatic carbocycles. The number of aliphatic imine (C=N–C) groups is 1. The maximum absolute atomic E-state index is 4.81. The van der Waals surface area contributed by atoms with E-state index in [-0.39, 0.29) is 6.04 Å². The molecule has 0 aliphatic rings. The highest BCUT2D eigenvalue weighted by Crippen LogP contribution is 2.19. The zero-order chi connectivity index (χ0) is 12.0. The van der Waals surface area contributed by atoms with Gasteiger partial charge in [0.2, 0.25) is 0 Å². The van der Waals surface area contributed by atoms with E-state index in [1.165, 1.54) is 24.1 Å². The van der Waals surface area contributed by atoms with Crippen molar-refractivity contribution in [1.82, 2.24) is 0 Å². The minimum absolute atomic E-state index is 0.279. The minimum atomic E-state index is 0.279. The third-order valence-electron chi connectivity index (χ3n) is 3.26. The molecule has 1 atom stereocenters. The number of hydrogen-bond acceptors (Lipinski definition) is 1. The number of rotatable bonds is 5. The van der Waals surface area contributed by atoms with Crippen LogP contribution in [0.4, 0.5) is 0 Å². The summed E-state index contributed by atoms with van der Waals surface area (Å²) < 4.78 is 0. The molecule has 0 amide bonds. The normalized spacial score (nSPS) is 14.2. The second-order valence-electron chi connectivity index (χ2n) is 4.37. The molecule has 0 saturated carbocycles. The van der Waals surface area contributed by atoms with Gasteiger partial charge < -0.3 is 0 Å². The van der Waals surface area contributed by atoms with Gasteiger partial charge in [0.05, 0.1) is 6.04 Å². The maximum atomic E-state index is 4.81. The monoisotopic (exact) mass is 217 g/mol. The molecular formula is C15H23N. The summed E-state index contributed by atoms with van der Waals surface area (Å²) in [6, 6.07) is 10.8. The summed E-state index contributed by atoms with van der Waals surface area (Å²) >= 11 is 0. The van der Waals surface area contributed by atoms with Crippen LogP contribution < -0.4 is 0 Å². The first-order chi connectivity index (χ1) is 7.69. The third kappa shape index (κ3) is 3.48. The predicted molar refractivity (Wildman–Crippen MR) is 72.0 cm³/mol. The van der Waals surface area contributed by atoms with Gasteiger partial charge in [0, 0.05) is 5.71 Å². The Morgan fingerprint density at radius 3 is 2.19 bits per heavy atom. The van der Waals surface area contributed by atoms with Crippen LogP contribution in [0.15, 0.2) is 35.3 Å². The van der Waals surface area contributed by atoms with Gasteiger partial charge in [-0.2, -0.15) is 0 Å². The lowest BCUT2D eigenvalue weighted by atomic mass is 9.98. The molecule has 16 heavy (non-hydrogen) atoms. The van der Waals surface area contributed by atoms with E-state index < -0.39 is 0 Å². The summed E-state index contributed by atoms with van der Waals surface area (Å²) in [5.74, 6) is 0.645. The van der Waals surface area contributed by atoms with Gasteiger partial charge >= 0.3 is 0 Å². The van der Waals surface area contributed by atoms with E-state index >= 15 is 0 Å².